The molecule has 0 radical (unpaired) electrons. The van der Waals surface area contributed by atoms with Crippen molar-refractivity contribution in [2.24, 2.45) is 0 Å². The SMILES string of the molecule is CCCCCCCCCC(=O)Oc1ccc(C(C)[n+]2c(C)cc(C)cc2C)cc1OC(=O)CCCCCCCCC. The molecule has 0 saturated heterocycles. The third kappa shape index (κ3) is 12.8. The minimum atomic E-state index is -0.275. The van der Waals surface area contributed by atoms with E-state index in [4.69, 9.17) is 9.47 Å². The molecule has 228 valence electrons. The summed E-state index contributed by atoms with van der Waals surface area (Å²) in [5.41, 5.74) is 4.55. The average molecular weight is 567 g/mol. The highest BCUT2D eigenvalue weighted by atomic mass is 16.6. The van der Waals surface area contributed by atoms with E-state index in [0.717, 1.165) is 55.5 Å². The normalized spacial score (nSPS) is 11.9. The van der Waals surface area contributed by atoms with E-state index in [1.807, 2.05) is 12.1 Å². The Morgan fingerprint density at radius 2 is 1.07 bits per heavy atom. The maximum absolute atomic E-state index is 12.8. The van der Waals surface area contributed by atoms with Crippen LogP contribution in [0, 0.1) is 20.8 Å². The van der Waals surface area contributed by atoms with Gasteiger partial charge < -0.3 is 9.47 Å². The van der Waals surface area contributed by atoms with Crippen LogP contribution in [0.2, 0.25) is 0 Å². The summed E-state index contributed by atoms with van der Waals surface area (Å²) in [6.45, 7) is 12.9. The van der Waals surface area contributed by atoms with Crippen LogP contribution in [0.1, 0.15) is 152 Å². The predicted molar refractivity (Wildman–Crippen MR) is 168 cm³/mol. The van der Waals surface area contributed by atoms with Gasteiger partial charge in [-0.15, -0.1) is 0 Å². The van der Waals surface area contributed by atoms with Gasteiger partial charge in [0.15, 0.2) is 28.9 Å². The van der Waals surface area contributed by atoms with Gasteiger partial charge in [0.05, 0.1) is 0 Å². The van der Waals surface area contributed by atoms with Gasteiger partial charge in [-0.05, 0) is 43.5 Å². The van der Waals surface area contributed by atoms with Crippen LogP contribution < -0.4 is 14.0 Å². The number of carbonyl (C=O) groups excluding carboxylic acids is 2. The molecule has 1 aromatic heterocycles. The van der Waals surface area contributed by atoms with E-state index in [1.54, 1.807) is 6.07 Å². The molecule has 0 aliphatic carbocycles. The summed E-state index contributed by atoms with van der Waals surface area (Å²) in [5, 5.41) is 0. The van der Waals surface area contributed by atoms with Crippen molar-refractivity contribution in [2.45, 2.75) is 150 Å². The fraction of sp³-hybridized carbons (Fsp3) is 0.639. The fourth-order valence-electron chi connectivity index (χ4n) is 5.63. The van der Waals surface area contributed by atoms with E-state index in [1.165, 1.54) is 56.9 Å². The highest BCUT2D eigenvalue weighted by Gasteiger charge is 2.24. The lowest BCUT2D eigenvalue weighted by atomic mass is 10.0. The number of hydrogen-bond donors (Lipinski definition) is 0. The molecule has 0 saturated carbocycles. The van der Waals surface area contributed by atoms with Gasteiger partial charge in [0.25, 0.3) is 0 Å². The molecule has 5 nitrogen and oxygen atoms in total. The largest absolute Gasteiger partial charge is 0.423 e. The van der Waals surface area contributed by atoms with Gasteiger partial charge in [-0.3, -0.25) is 9.59 Å². The van der Waals surface area contributed by atoms with Crippen molar-refractivity contribution >= 4 is 11.9 Å². The Balaban J connectivity index is 2.09. The second kappa shape index (κ2) is 19.4. The van der Waals surface area contributed by atoms with Gasteiger partial charge in [0.2, 0.25) is 0 Å². The van der Waals surface area contributed by atoms with Gasteiger partial charge in [-0.25, -0.2) is 0 Å². The molecule has 2 rings (SSSR count). The first-order valence-corrected chi connectivity index (χ1v) is 16.3. The standard InChI is InChI=1S/C36H56NO4/c1-7-9-11-13-15-17-19-21-35(38)40-33-24-23-32(31(6)37-29(4)25-28(3)26-30(37)5)27-34(33)41-36(39)22-20-18-16-14-12-10-8-2/h23-27,31H,7-22H2,1-6H3/q+1. The van der Waals surface area contributed by atoms with E-state index >= 15 is 0 Å². The number of nitrogens with zero attached hydrogens (tertiary/aromatic N) is 1. The lowest BCUT2D eigenvalue weighted by molar-refractivity contribution is -0.721. The van der Waals surface area contributed by atoms with Gasteiger partial charge in [0.1, 0.15) is 0 Å². The Morgan fingerprint density at radius 3 is 1.56 bits per heavy atom. The molecular formula is C36H56NO4+. The first-order valence-electron chi connectivity index (χ1n) is 16.3. The van der Waals surface area contributed by atoms with Crippen LogP contribution in [0.25, 0.3) is 0 Å². The Hall–Kier alpha value is -2.69. The summed E-state index contributed by atoms with van der Waals surface area (Å²) in [4.78, 5) is 25.5. The van der Waals surface area contributed by atoms with Gasteiger partial charge >= 0.3 is 11.9 Å². The number of ether oxygens (including phenoxy) is 2. The monoisotopic (exact) mass is 566 g/mol. The van der Waals surface area contributed by atoms with Crippen LogP contribution in [0.3, 0.4) is 0 Å². The minimum absolute atomic E-state index is 0.0219. The van der Waals surface area contributed by atoms with E-state index in [2.05, 4.69) is 58.2 Å². The van der Waals surface area contributed by atoms with Gasteiger partial charge in [-0.2, -0.15) is 4.57 Å². The zero-order chi connectivity index (χ0) is 30.0. The zero-order valence-electron chi connectivity index (χ0n) is 26.9. The van der Waals surface area contributed by atoms with Crippen molar-refractivity contribution in [3.63, 3.8) is 0 Å². The van der Waals surface area contributed by atoms with Crippen LogP contribution in [-0.2, 0) is 9.59 Å². The molecule has 1 heterocycles. The van der Waals surface area contributed by atoms with E-state index < -0.39 is 0 Å². The second-order valence-corrected chi connectivity index (χ2v) is 11.8. The molecule has 41 heavy (non-hydrogen) atoms. The van der Waals surface area contributed by atoms with Crippen molar-refractivity contribution in [3.8, 4) is 11.5 Å². The number of esters is 2. The number of rotatable bonds is 20. The van der Waals surface area contributed by atoms with Crippen molar-refractivity contribution in [2.75, 3.05) is 0 Å². The molecule has 0 bridgehead atoms. The zero-order valence-corrected chi connectivity index (χ0v) is 26.9. The molecule has 2 aromatic rings. The van der Waals surface area contributed by atoms with Gasteiger partial charge in [-0.1, -0.05) is 90.9 Å². The molecule has 0 aliphatic heterocycles. The highest BCUT2D eigenvalue weighted by molar-refractivity contribution is 5.76. The summed E-state index contributed by atoms with van der Waals surface area (Å²) in [7, 11) is 0. The molecule has 0 fully saturated rings. The van der Waals surface area contributed by atoms with Crippen LogP contribution in [-0.4, -0.2) is 11.9 Å². The van der Waals surface area contributed by atoms with Crippen LogP contribution >= 0.6 is 0 Å². The number of carbonyl (C=O) groups is 2. The third-order valence-corrected chi connectivity index (χ3v) is 7.89. The maximum atomic E-state index is 12.8. The summed E-state index contributed by atoms with van der Waals surface area (Å²) < 4.78 is 13.9. The van der Waals surface area contributed by atoms with E-state index in [0.29, 0.717) is 24.3 Å². The number of benzene rings is 1. The van der Waals surface area contributed by atoms with E-state index in [9.17, 15) is 9.59 Å². The Labute approximate surface area is 250 Å². The van der Waals surface area contributed by atoms with Gasteiger partial charge in [0, 0.05) is 51.3 Å². The number of pyridine rings is 1. The quantitative estimate of drug-likeness (QED) is 0.0693. The topological polar surface area (TPSA) is 56.5 Å². The van der Waals surface area contributed by atoms with Crippen molar-refractivity contribution < 1.29 is 23.6 Å². The summed E-state index contributed by atoms with van der Waals surface area (Å²) >= 11 is 0. The fourth-order valence-corrected chi connectivity index (χ4v) is 5.63. The highest BCUT2D eigenvalue weighted by Crippen LogP contribution is 2.32. The Kier molecular flexibility index (Phi) is 16.4. The first-order chi connectivity index (χ1) is 19.8. The third-order valence-electron chi connectivity index (χ3n) is 7.89. The molecule has 0 aliphatic rings. The summed E-state index contributed by atoms with van der Waals surface area (Å²) in [6, 6.07) is 9.99. The molecule has 0 N–H and O–H groups in total. The average Bonchev–Trinajstić information content (AvgIpc) is 2.92. The summed E-state index contributed by atoms with van der Waals surface area (Å²) in [5.74, 6) is 0.105. The first kappa shape index (κ1) is 34.5. The van der Waals surface area contributed by atoms with E-state index in [-0.39, 0.29) is 18.0 Å². The molecule has 0 spiro atoms. The van der Waals surface area contributed by atoms with Crippen molar-refractivity contribution in [1.29, 1.82) is 0 Å². The lowest BCUT2D eigenvalue weighted by Gasteiger charge is -2.16. The molecule has 0 amide bonds. The second-order valence-electron chi connectivity index (χ2n) is 11.8. The number of aryl methyl sites for hydroxylation is 3. The molecular weight excluding hydrogens is 510 g/mol. The Bertz CT molecular complexity index is 1050. The minimum Gasteiger partial charge on any atom is -0.423 e. The molecule has 1 aromatic carbocycles. The smallest absolute Gasteiger partial charge is 0.311 e. The number of hydrogen-bond acceptors (Lipinski definition) is 4. The Morgan fingerprint density at radius 1 is 0.634 bits per heavy atom. The molecule has 1 unspecified atom stereocenters. The molecule has 1 atom stereocenters. The van der Waals surface area contributed by atoms with Crippen LogP contribution in [0.4, 0.5) is 0 Å². The number of aromatic nitrogens is 1. The van der Waals surface area contributed by atoms with Crippen molar-refractivity contribution in [3.05, 3.63) is 52.8 Å². The maximum Gasteiger partial charge on any atom is 0.311 e. The summed E-state index contributed by atoms with van der Waals surface area (Å²) in [6.07, 6.45) is 16.7. The van der Waals surface area contributed by atoms with Crippen LogP contribution in [0.15, 0.2) is 30.3 Å². The van der Waals surface area contributed by atoms with Crippen molar-refractivity contribution in [1.82, 2.24) is 0 Å². The number of unbranched alkanes of at least 4 members (excludes halogenated alkanes) is 12. The predicted octanol–water partition coefficient (Wildman–Crippen LogP) is 9.60. The molecule has 5 heteroatoms. The van der Waals surface area contributed by atoms with Crippen LogP contribution in [0.5, 0.6) is 11.5 Å². The lowest BCUT2D eigenvalue weighted by Crippen LogP contribution is -2.44.